The van der Waals surface area contributed by atoms with Gasteiger partial charge in [0, 0.05) is 47.0 Å². The quantitative estimate of drug-likeness (QED) is 0.121. The van der Waals surface area contributed by atoms with Gasteiger partial charge in [0.15, 0.2) is 33.9 Å². The number of benzene rings is 2. The summed E-state index contributed by atoms with van der Waals surface area (Å²) in [5.74, 6) is 3.79. The maximum Gasteiger partial charge on any atom is 0.309 e. The molecule has 2 atom stereocenters. The van der Waals surface area contributed by atoms with Gasteiger partial charge in [0.05, 0.1) is 52.5 Å². The summed E-state index contributed by atoms with van der Waals surface area (Å²) in [4.78, 5) is 35.9. The standard InChI is InChI=1S/C24H29NO5.C20H25NO4/c1-15-10-20(26)11-16(2)25(15)13-23(30-24(27)18-6-7-18)19-8-9-21(28-3)22(12-19)29-14-17-4-5-17;1-13-8-17(22)9-14(2)21(13)11-18(23)16-6-7-19(24-3)20(10-16)25-12-15-4-5-15/h8-12,17-18,23H,4-7,13-14H2,1-3H3;6-10,15,18,23H,4-5,11-12H2,1-3H3. The summed E-state index contributed by atoms with van der Waals surface area (Å²) >= 11 is 0. The first-order valence-electron chi connectivity index (χ1n) is 19.3. The van der Waals surface area contributed by atoms with Crippen LogP contribution in [0, 0.1) is 45.4 Å². The lowest BCUT2D eigenvalue weighted by Gasteiger charge is -2.24. The Bertz CT molecular complexity index is 2040. The average molecular weight is 755 g/mol. The van der Waals surface area contributed by atoms with Gasteiger partial charge in [0.25, 0.3) is 0 Å². The lowest BCUT2D eigenvalue weighted by molar-refractivity contribution is -0.151. The molecule has 0 radical (unpaired) electrons. The summed E-state index contributed by atoms with van der Waals surface area (Å²) in [6.45, 7) is 9.71. The number of hydrogen-bond acceptors (Lipinski definition) is 9. The van der Waals surface area contributed by atoms with Crippen molar-refractivity contribution in [3.8, 4) is 23.0 Å². The van der Waals surface area contributed by atoms with E-state index in [2.05, 4.69) is 0 Å². The fourth-order valence-electron chi connectivity index (χ4n) is 6.57. The third-order valence-electron chi connectivity index (χ3n) is 10.5. The minimum absolute atomic E-state index is 0.00699. The highest BCUT2D eigenvalue weighted by Gasteiger charge is 2.34. The highest BCUT2D eigenvalue weighted by molar-refractivity contribution is 5.75. The van der Waals surface area contributed by atoms with Crippen LogP contribution in [0.25, 0.3) is 0 Å². The van der Waals surface area contributed by atoms with E-state index in [0.717, 1.165) is 46.7 Å². The summed E-state index contributed by atoms with van der Waals surface area (Å²) in [5, 5.41) is 10.7. The molecule has 4 aromatic rings. The molecule has 0 aliphatic heterocycles. The van der Waals surface area contributed by atoms with E-state index in [0.29, 0.717) is 61.1 Å². The van der Waals surface area contributed by atoms with Crippen LogP contribution in [0.5, 0.6) is 23.0 Å². The van der Waals surface area contributed by atoms with Gasteiger partial charge in [0.2, 0.25) is 0 Å². The highest BCUT2D eigenvalue weighted by Crippen LogP contribution is 2.38. The number of nitrogens with zero attached hydrogens (tertiary/aromatic N) is 2. The van der Waals surface area contributed by atoms with Gasteiger partial charge in [-0.25, -0.2) is 0 Å². The van der Waals surface area contributed by atoms with Crippen LogP contribution in [0.4, 0.5) is 0 Å². The molecule has 11 nitrogen and oxygen atoms in total. The van der Waals surface area contributed by atoms with Crippen LogP contribution in [0.1, 0.15) is 84.6 Å². The molecule has 3 aliphatic carbocycles. The molecule has 0 bridgehead atoms. The largest absolute Gasteiger partial charge is 0.493 e. The first kappa shape index (κ1) is 39.7. The summed E-state index contributed by atoms with van der Waals surface area (Å²) in [6.07, 6.45) is 5.44. The first-order chi connectivity index (χ1) is 26.4. The van der Waals surface area contributed by atoms with Gasteiger partial charge in [-0.3, -0.25) is 14.4 Å². The molecule has 2 aromatic carbocycles. The van der Waals surface area contributed by atoms with Crippen molar-refractivity contribution < 1.29 is 33.6 Å². The Morgan fingerprint density at radius 1 is 0.636 bits per heavy atom. The zero-order valence-corrected chi connectivity index (χ0v) is 32.8. The summed E-state index contributed by atoms with van der Waals surface area (Å²) in [5.41, 5.74) is 4.94. The summed E-state index contributed by atoms with van der Waals surface area (Å²) in [6, 6.07) is 17.6. The number of hydrogen-bond donors (Lipinski definition) is 1. The van der Waals surface area contributed by atoms with Gasteiger partial charge in [-0.05, 0) is 113 Å². The lowest BCUT2D eigenvalue weighted by Crippen LogP contribution is -2.22. The molecular formula is C44H54N2O9. The van der Waals surface area contributed by atoms with E-state index in [9.17, 15) is 19.5 Å². The van der Waals surface area contributed by atoms with E-state index >= 15 is 0 Å². The van der Waals surface area contributed by atoms with Crippen LogP contribution >= 0.6 is 0 Å². The monoisotopic (exact) mass is 754 g/mol. The van der Waals surface area contributed by atoms with Crippen molar-refractivity contribution in [1.29, 1.82) is 0 Å². The van der Waals surface area contributed by atoms with E-state index in [1.54, 1.807) is 38.5 Å². The van der Waals surface area contributed by atoms with Crippen molar-refractivity contribution in [1.82, 2.24) is 9.13 Å². The third-order valence-corrected chi connectivity index (χ3v) is 10.5. The smallest absolute Gasteiger partial charge is 0.309 e. The summed E-state index contributed by atoms with van der Waals surface area (Å²) < 4.78 is 32.6. The van der Waals surface area contributed by atoms with Crippen molar-refractivity contribution >= 4 is 5.97 Å². The molecule has 55 heavy (non-hydrogen) atoms. The third kappa shape index (κ3) is 10.8. The molecule has 0 saturated heterocycles. The number of carbonyl (C=O) groups is 1. The second kappa shape index (κ2) is 17.6. The Kier molecular flexibility index (Phi) is 12.7. The molecule has 3 saturated carbocycles. The number of aryl methyl sites for hydroxylation is 4. The SMILES string of the molecule is COc1ccc(C(Cn2c(C)cc(=O)cc2C)OC(=O)C2CC2)cc1OCC1CC1.COc1ccc(C(O)Cn2c(C)cc(=O)cc2C)cc1OCC1CC1. The van der Waals surface area contributed by atoms with Crippen molar-refractivity contribution in [2.45, 2.75) is 91.5 Å². The minimum Gasteiger partial charge on any atom is -0.493 e. The number of rotatable bonds is 16. The Morgan fingerprint density at radius 2 is 1.07 bits per heavy atom. The maximum atomic E-state index is 12.5. The molecule has 3 fully saturated rings. The Balaban J connectivity index is 0.000000190. The highest BCUT2D eigenvalue weighted by atomic mass is 16.5. The van der Waals surface area contributed by atoms with E-state index in [4.69, 9.17) is 23.7 Å². The number of methoxy groups -OCH3 is 2. The van der Waals surface area contributed by atoms with Crippen molar-refractivity contribution in [3.05, 3.63) is 115 Å². The molecular weight excluding hydrogens is 700 g/mol. The second-order valence-electron chi connectivity index (χ2n) is 15.2. The average Bonchev–Trinajstić information content (AvgIpc) is 4.00. The fourth-order valence-corrected chi connectivity index (χ4v) is 6.57. The van der Waals surface area contributed by atoms with Crippen LogP contribution in [0.2, 0.25) is 0 Å². The topological polar surface area (TPSA) is 127 Å². The lowest BCUT2D eigenvalue weighted by atomic mass is 10.1. The molecule has 1 N–H and O–H groups in total. The molecule has 7 rings (SSSR count). The molecule has 2 aromatic heterocycles. The number of pyridine rings is 2. The van der Waals surface area contributed by atoms with Crippen molar-refractivity contribution in [2.24, 2.45) is 17.8 Å². The van der Waals surface area contributed by atoms with E-state index in [1.807, 2.05) is 73.2 Å². The normalized spacial score (nSPS) is 16.0. The fraction of sp³-hybridized carbons (Fsp3) is 0.477. The van der Waals surface area contributed by atoms with E-state index in [1.165, 1.54) is 25.7 Å². The summed E-state index contributed by atoms with van der Waals surface area (Å²) in [7, 11) is 3.24. The van der Waals surface area contributed by atoms with Crippen LogP contribution < -0.4 is 29.8 Å². The molecule has 3 aliphatic rings. The van der Waals surface area contributed by atoms with E-state index < -0.39 is 12.2 Å². The van der Waals surface area contributed by atoms with Gasteiger partial charge in [-0.1, -0.05) is 12.1 Å². The van der Waals surface area contributed by atoms with Gasteiger partial charge in [0.1, 0.15) is 6.10 Å². The van der Waals surface area contributed by atoms with Crippen LogP contribution in [0.3, 0.4) is 0 Å². The minimum atomic E-state index is -0.700. The molecule has 0 amide bonds. The molecule has 2 unspecified atom stereocenters. The zero-order valence-electron chi connectivity index (χ0n) is 32.8. The predicted octanol–water partition coefficient (Wildman–Crippen LogP) is 6.95. The van der Waals surface area contributed by atoms with Crippen LogP contribution in [0.15, 0.2) is 70.3 Å². The second-order valence-corrected chi connectivity index (χ2v) is 15.2. The molecule has 0 spiro atoms. The van der Waals surface area contributed by atoms with Gasteiger partial charge in [-0.2, -0.15) is 0 Å². The Labute approximate surface area is 322 Å². The first-order valence-corrected chi connectivity index (χ1v) is 19.3. The Hall–Kier alpha value is -5.03. The number of aliphatic hydroxyl groups excluding tert-OH is 1. The van der Waals surface area contributed by atoms with Crippen molar-refractivity contribution in [3.63, 3.8) is 0 Å². The molecule has 294 valence electrons. The van der Waals surface area contributed by atoms with Crippen LogP contribution in [-0.4, -0.2) is 47.6 Å². The maximum absolute atomic E-state index is 12.5. The molecule has 2 heterocycles. The number of carbonyl (C=O) groups excluding carboxylic acids is 1. The number of aromatic nitrogens is 2. The Morgan fingerprint density at radius 3 is 1.51 bits per heavy atom. The number of esters is 1. The molecule has 11 heteroatoms. The number of ether oxygens (including phenoxy) is 5. The van der Waals surface area contributed by atoms with Gasteiger partial charge in [-0.15, -0.1) is 0 Å². The van der Waals surface area contributed by atoms with Gasteiger partial charge < -0.3 is 37.9 Å². The van der Waals surface area contributed by atoms with Gasteiger partial charge >= 0.3 is 5.97 Å². The predicted molar refractivity (Wildman–Crippen MR) is 209 cm³/mol. The van der Waals surface area contributed by atoms with Crippen LogP contribution in [-0.2, 0) is 22.6 Å². The zero-order chi connectivity index (χ0) is 39.2. The van der Waals surface area contributed by atoms with E-state index in [-0.39, 0.29) is 22.7 Å². The van der Waals surface area contributed by atoms with Crippen molar-refractivity contribution in [2.75, 3.05) is 27.4 Å². The number of aliphatic hydroxyl groups is 1.